The first kappa shape index (κ1) is 29.1. The van der Waals surface area contributed by atoms with E-state index in [4.69, 9.17) is 9.97 Å². The standard InChI is InChI=1S/C47H34N2/c1-47(2)41-25-12-11-23-40(41)45-36(24-14-26-42(45)47)34-20-13-19-33(29-34)35-27-28-39(38-22-10-9-21-37(35)38)46-48-43(31-15-5-3-6-16-31)30-44(49-46)32-17-7-4-8-18-32/h3-30H,1-2H3. The predicted octanol–water partition coefficient (Wildman–Crippen LogP) is 12.3. The van der Waals surface area contributed by atoms with Gasteiger partial charge in [-0.15, -0.1) is 0 Å². The van der Waals surface area contributed by atoms with Gasteiger partial charge in [0.2, 0.25) is 0 Å². The Morgan fingerprint density at radius 2 is 0.857 bits per heavy atom. The van der Waals surface area contributed by atoms with Gasteiger partial charge in [-0.2, -0.15) is 0 Å². The van der Waals surface area contributed by atoms with Gasteiger partial charge in [-0.3, -0.25) is 0 Å². The molecule has 2 heteroatoms. The molecule has 0 saturated carbocycles. The molecule has 0 unspecified atom stereocenters. The normalized spacial score (nSPS) is 12.9. The van der Waals surface area contributed by atoms with Crippen LogP contribution < -0.4 is 0 Å². The third kappa shape index (κ3) is 4.88. The van der Waals surface area contributed by atoms with Crippen LogP contribution in [0.2, 0.25) is 0 Å². The van der Waals surface area contributed by atoms with Gasteiger partial charge >= 0.3 is 0 Å². The Bertz CT molecular complexity index is 2450. The van der Waals surface area contributed by atoms with Gasteiger partial charge in [-0.25, -0.2) is 9.97 Å². The Morgan fingerprint density at radius 1 is 0.367 bits per heavy atom. The zero-order chi connectivity index (χ0) is 33.0. The molecule has 0 saturated heterocycles. The largest absolute Gasteiger partial charge is 0.228 e. The zero-order valence-corrected chi connectivity index (χ0v) is 27.6. The molecule has 9 rings (SSSR count). The number of hydrogen-bond donors (Lipinski definition) is 0. The van der Waals surface area contributed by atoms with Crippen LogP contribution in [0.4, 0.5) is 0 Å². The number of hydrogen-bond acceptors (Lipinski definition) is 2. The van der Waals surface area contributed by atoms with E-state index in [1.165, 1.54) is 49.9 Å². The molecule has 7 aromatic carbocycles. The Morgan fingerprint density at radius 3 is 1.55 bits per heavy atom. The number of aromatic nitrogens is 2. The maximum atomic E-state index is 5.16. The minimum atomic E-state index is -0.0359. The van der Waals surface area contributed by atoms with Crippen molar-refractivity contribution in [1.82, 2.24) is 9.97 Å². The summed E-state index contributed by atoms with van der Waals surface area (Å²) in [4.78, 5) is 10.3. The highest BCUT2D eigenvalue weighted by Gasteiger charge is 2.36. The van der Waals surface area contributed by atoms with Crippen molar-refractivity contribution in [2.24, 2.45) is 0 Å². The zero-order valence-electron chi connectivity index (χ0n) is 27.6. The van der Waals surface area contributed by atoms with Crippen LogP contribution in [0.5, 0.6) is 0 Å². The van der Waals surface area contributed by atoms with Crippen LogP contribution >= 0.6 is 0 Å². The third-order valence-corrected chi connectivity index (χ3v) is 10.1. The average molecular weight is 627 g/mol. The summed E-state index contributed by atoms with van der Waals surface area (Å²) < 4.78 is 0. The summed E-state index contributed by atoms with van der Waals surface area (Å²) in [6, 6.07) is 60.6. The quantitative estimate of drug-likeness (QED) is 0.190. The van der Waals surface area contributed by atoms with Gasteiger partial charge in [0.15, 0.2) is 5.82 Å². The molecule has 0 amide bonds. The fourth-order valence-electron chi connectivity index (χ4n) is 7.68. The molecular formula is C47H34N2. The molecule has 0 spiro atoms. The van der Waals surface area contributed by atoms with Crippen molar-refractivity contribution in [3.63, 3.8) is 0 Å². The molecule has 1 heterocycles. The van der Waals surface area contributed by atoms with Crippen molar-refractivity contribution in [2.75, 3.05) is 0 Å². The predicted molar refractivity (Wildman–Crippen MR) is 204 cm³/mol. The van der Waals surface area contributed by atoms with E-state index in [2.05, 4.69) is 172 Å². The first-order valence-corrected chi connectivity index (χ1v) is 16.9. The summed E-state index contributed by atoms with van der Waals surface area (Å²) in [5, 5.41) is 2.31. The van der Waals surface area contributed by atoms with E-state index < -0.39 is 0 Å². The van der Waals surface area contributed by atoms with Crippen molar-refractivity contribution < 1.29 is 0 Å². The second-order valence-electron chi connectivity index (χ2n) is 13.4. The lowest BCUT2D eigenvalue weighted by molar-refractivity contribution is 0.660. The molecule has 1 aliphatic carbocycles. The maximum absolute atomic E-state index is 5.16. The van der Waals surface area contributed by atoms with Crippen LogP contribution in [0.25, 0.3) is 78.1 Å². The summed E-state index contributed by atoms with van der Waals surface area (Å²) in [5.74, 6) is 0.720. The third-order valence-electron chi connectivity index (χ3n) is 10.1. The second-order valence-corrected chi connectivity index (χ2v) is 13.4. The number of rotatable bonds is 5. The lowest BCUT2D eigenvalue weighted by Crippen LogP contribution is -2.14. The number of nitrogens with zero attached hydrogens (tertiary/aromatic N) is 2. The van der Waals surface area contributed by atoms with Crippen molar-refractivity contribution in [3.05, 3.63) is 181 Å². The lowest BCUT2D eigenvalue weighted by atomic mass is 9.82. The van der Waals surface area contributed by atoms with E-state index in [0.717, 1.165) is 39.3 Å². The average Bonchev–Trinajstić information content (AvgIpc) is 3.41. The smallest absolute Gasteiger partial charge is 0.161 e. The fourth-order valence-corrected chi connectivity index (χ4v) is 7.68. The van der Waals surface area contributed by atoms with Crippen molar-refractivity contribution in [1.29, 1.82) is 0 Å². The van der Waals surface area contributed by atoms with Crippen LogP contribution in [0, 0.1) is 0 Å². The Hall–Kier alpha value is -6.12. The van der Waals surface area contributed by atoms with Gasteiger partial charge in [0.25, 0.3) is 0 Å². The van der Waals surface area contributed by atoms with Crippen LogP contribution in [0.15, 0.2) is 170 Å². The van der Waals surface area contributed by atoms with Crippen LogP contribution in [-0.4, -0.2) is 9.97 Å². The minimum Gasteiger partial charge on any atom is -0.228 e. The lowest BCUT2D eigenvalue weighted by Gasteiger charge is -2.21. The first-order valence-electron chi connectivity index (χ1n) is 16.9. The molecule has 2 nitrogen and oxygen atoms in total. The fraction of sp³-hybridized carbons (Fsp3) is 0.0638. The maximum Gasteiger partial charge on any atom is 0.161 e. The van der Waals surface area contributed by atoms with E-state index in [1.54, 1.807) is 0 Å². The van der Waals surface area contributed by atoms with Crippen LogP contribution in [-0.2, 0) is 5.41 Å². The topological polar surface area (TPSA) is 25.8 Å². The van der Waals surface area contributed by atoms with Crippen LogP contribution in [0.3, 0.4) is 0 Å². The highest BCUT2D eigenvalue weighted by Crippen LogP contribution is 2.52. The van der Waals surface area contributed by atoms with Gasteiger partial charge in [0, 0.05) is 22.1 Å². The molecule has 49 heavy (non-hydrogen) atoms. The van der Waals surface area contributed by atoms with E-state index >= 15 is 0 Å². The number of benzene rings is 7. The minimum absolute atomic E-state index is 0.0359. The molecule has 0 aliphatic heterocycles. The molecule has 1 aliphatic rings. The van der Waals surface area contributed by atoms with Crippen LogP contribution in [0.1, 0.15) is 25.0 Å². The molecule has 232 valence electrons. The van der Waals surface area contributed by atoms with E-state index in [1.807, 2.05) is 12.1 Å². The monoisotopic (exact) mass is 626 g/mol. The van der Waals surface area contributed by atoms with Gasteiger partial charge in [-0.05, 0) is 73.5 Å². The van der Waals surface area contributed by atoms with E-state index in [-0.39, 0.29) is 5.41 Å². The van der Waals surface area contributed by atoms with Gasteiger partial charge < -0.3 is 0 Å². The summed E-state index contributed by atoms with van der Waals surface area (Å²) in [5.41, 5.74) is 15.3. The molecule has 0 bridgehead atoms. The molecule has 0 N–H and O–H groups in total. The highest BCUT2D eigenvalue weighted by atomic mass is 14.9. The summed E-state index contributed by atoms with van der Waals surface area (Å²) in [7, 11) is 0. The molecule has 8 aromatic rings. The van der Waals surface area contributed by atoms with Crippen molar-refractivity contribution in [2.45, 2.75) is 19.3 Å². The molecule has 0 fully saturated rings. The van der Waals surface area contributed by atoms with E-state index in [9.17, 15) is 0 Å². The van der Waals surface area contributed by atoms with Gasteiger partial charge in [-0.1, -0.05) is 166 Å². The Labute approximate surface area is 287 Å². The van der Waals surface area contributed by atoms with E-state index in [0.29, 0.717) is 0 Å². The first-order chi connectivity index (χ1) is 24.1. The molecule has 0 radical (unpaired) electrons. The van der Waals surface area contributed by atoms with Crippen molar-refractivity contribution >= 4 is 10.8 Å². The van der Waals surface area contributed by atoms with Gasteiger partial charge in [0.1, 0.15) is 0 Å². The van der Waals surface area contributed by atoms with Crippen molar-refractivity contribution in [3.8, 4) is 67.3 Å². The number of fused-ring (bicyclic) bond motifs is 4. The van der Waals surface area contributed by atoms with Gasteiger partial charge in [0.05, 0.1) is 11.4 Å². The summed E-state index contributed by atoms with van der Waals surface area (Å²) in [6.45, 7) is 4.68. The summed E-state index contributed by atoms with van der Waals surface area (Å²) >= 11 is 0. The molecular weight excluding hydrogens is 593 g/mol. The Kier molecular flexibility index (Phi) is 6.84. The second kappa shape index (κ2) is 11.5. The SMILES string of the molecule is CC1(C)c2ccccc2-c2c(-c3cccc(-c4ccc(-c5nc(-c6ccccc6)cc(-c6ccccc6)n5)c5ccccc45)c3)cccc21. The molecule has 0 atom stereocenters. The molecule has 1 aromatic heterocycles. The summed E-state index contributed by atoms with van der Waals surface area (Å²) in [6.07, 6.45) is 0. The Balaban J connectivity index is 1.19. The highest BCUT2D eigenvalue weighted by molar-refractivity contribution is 6.05.